The topological polar surface area (TPSA) is 35.6 Å². The maximum absolute atomic E-state index is 4.84. The lowest BCUT2D eigenvalue weighted by Crippen LogP contribution is -2.30. The minimum absolute atomic E-state index is 0.0338. The van der Waals surface area contributed by atoms with Crippen molar-refractivity contribution in [1.29, 1.82) is 0 Å². The molecule has 196 valence electrons. The average Bonchev–Trinajstić information content (AvgIpc) is 3.18. The van der Waals surface area contributed by atoms with Crippen LogP contribution in [0.15, 0.2) is 12.1 Å². The molecule has 2 heterocycles. The molecule has 0 amide bonds. The van der Waals surface area contributed by atoms with Gasteiger partial charge in [0.1, 0.15) is 0 Å². The van der Waals surface area contributed by atoms with Crippen molar-refractivity contribution in [2.24, 2.45) is 0 Å². The Bertz CT molecular complexity index is 801. The zero-order valence-corrected chi connectivity index (χ0v) is 25.9. The predicted molar refractivity (Wildman–Crippen MR) is 149 cm³/mol. The minimum Gasteiger partial charge on any atom is -0.264 e. The highest BCUT2D eigenvalue weighted by Crippen LogP contribution is 2.33. The van der Waals surface area contributed by atoms with Crippen LogP contribution >= 0.6 is 0 Å². The lowest BCUT2D eigenvalue weighted by atomic mass is 9.87. The number of rotatable bonds is 0. The summed E-state index contributed by atoms with van der Waals surface area (Å²) in [4.78, 5) is 0. The van der Waals surface area contributed by atoms with E-state index in [0.29, 0.717) is 0 Å². The van der Waals surface area contributed by atoms with Gasteiger partial charge >= 0.3 is 0 Å². The molecule has 0 N–H and O–H groups in total. The van der Waals surface area contributed by atoms with Crippen molar-refractivity contribution in [2.75, 3.05) is 0 Å². The number of aromatic nitrogens is 4. The first-order valence-electron chi connectivity index (χ1n) is 12.9. The molecule has 0 saturated heterocycles. The van der Waals surface area contributed by atoms with Crippen LogP contribution in [0.25, 0.3) is 0 Å². The van der Waals surface area contributed by atoms with E-state index in [2.05, 4.69) is 146 Å². The van der Waals surface area contributed by atoms with Crippen molar-refractivity contribution < 1.29 is 0 Å². The Kier molecular flexibility index (Phi) is 8.18. The SMILES string of the molecule is CC(C)(C)c1cc(C(C)(C)C)n(C(C)(C)C)n1.CC(C)(C)c1cc(C(C)(C)C)n(C(C)(C)C)n1. The molecule has 0 bridgehead atoms. The second-order valence-electron chi connectivity index (χ2n) is 16.0. The third-order valence-corrected chi connectivity index (χ3v) is 5.76. The van der Waals surface area contributed by atoms with Gasteiger partial charge < -0.3 is 0 Å². The Morgan fingerprint density at radius 2 is 0.647 bits per heavy atom. The zero-order valence-electron chi connectivity index (χ0n) is 25.9. The molecular weight excluding hydrogens is 416 g/mol. The number of hydrogen-bond acceptors (Lipinski definition) is 2. The van der Waals surface area contributed by atoms with E-state index in [4.69, 9.17) is 10.2 Å². The Hall–Kier alpha value is -1.58. The molecule has 0 unspecified atom stereocenters. The normalized spacial score (nSPS) is 14.2. The van der Waals surface area contributed by atoms with Gasteiger partial charge in [-0.05, 0) is 53.7 Å². The molecule has 0 saturated carbocycles. The highest BCUT2D eigenvalue weighted by molar-refractivity contribution is 5.25. The van der Waals surface area contributed by atoms with Gasteiger partial charge in [0, 0.05) is 33.0 Å². The average molecular weight is 473 g/mol. The molecule has 4 heteroatoms. The van der Waals surface area contributed by atoms with Crippen molar-refractivity contribution >= 4 is 0 Å². The summed E-state index contributed by atoms with van der Waals surface area (Å²) in [5, 5.41) is 9.67. The molecule has 0 spiro atoms. The maximum Gasteiger partial charge on any atom is 0.0681 e. The molecule has 2 aromatic rings. The summed E-state index contributed by atoms with van der Waals surface area (Å²) >= 11 is 0. The fraction of sp³-hybridized carbons (Fsp3) is 0.800. The van der Waals surface area contributed by atoms with Crippen molar-refractivity contribution in [3.8, 4) is 0 Å². The summed E-state index contributed by atoms with van der Waals surface area (Å²) in [6, 6.07) is 4.54. The molecule has 0 aliphatic heterocycles. The maximum atomic E-state index is 4.84. The van der Waals surface area contributed by atoms with E-state index in [1.165, 1.54) is 22.8 Å². The third-order valence-electron chi connectivity index (χ3n) is 5.76. The van der Waals surface area contributed by atoms with Crippen LogP contribution in [0, 0.1) is 0 Å². The van der Waals surface area contributed by atoms with Crippen LogP contribution in [-0.2, 0) is 32.7 Å². The summed E-state index contributed by atoms with van der Waals surface area (Å²) in [6.07, 6.45) is 0. The number of hydrogen-bond donors (Lipinski definition) is 0. The Morgan fingerprint density at radius 1 is 0.412 bits per heavy atom. The van der Waals surface area contributed by atoms with Crippen LogP contribution in [0.4, 0.5) is 0 Å². The standard InChI is InChI=1S/2C15H28N2/c2*1-13(2,3)11-10-12(14(4,5)6)17(16-11)15(7,8)9/h2*10H,1-9H3. The lowest BCUT2D eigenvalue weighted by molar-refractivity contribution is 0.318. The van der Waals surface area contributed by atoms with E-state index in [1.54, 1.807) is 0 Å². The van der Waals surface area contributed by atoms with Gasteiger partial charge in [0.05, 0.1) is 22.5 Å². The van der Waals surface area contributed by atoms with Crippen molar-refractivity contribution in [3.05, 3.63) is 34.9 Å². The molecular formula is C30H56N4. The van der Waals surface area contributed by atoms with Gasteiger partial charge in [-0.15, -0.1) is 0 Å². The van der Waals surface area contributed by atoms with Gasteiger partial charge in [0.25, 0.3) is 0 Å². The second-order valence-corrected chi connectivity index (χ2v) is 16.0. The van der Waals surface area contributed by atoms with E-state index in [0.717, 1.165) is 0 Å². The molecule has 0 aromatic carbocycles. The summed E-state index contributed by atoms with van der Waals surface area (Å²) in [7, 11) is 0. The van der Waals surface area contributed by atoms with Crippen molar-refractivity contribution in [2.45, 2.75) is 157 Å². The molecule has 2 rings (SSSR count). The first-order valence-corrected chi connectivity index (χ1v) is 12.9. The molecule has 0 fully saturated rings. The fourth-order valence-electron chi connectivity index (χ4n) is 3.59. The van der Waals surface area contributed by atoms with E-state index in [9.17, 15) is 0 Å². The molecule has 2 aromatic heterocycles. The van der Waals surface area contributed by atoms with Gasteiger partial charge in [0.15, 0.2) is 0 Å². The van der Waals surface area contributed by atoms with Gasteiger partial charge in [-0.25, -0.2) is 0 Å². The minimum atomic E-state index is 0.0338. The van der Waals surface area contributed by atoms with Gasteiger partial charge in [-0.1, -0.05) is 83.1 Å². The Balaban J connectivity index is 0.000000340. The van der Waals surface area contributed by atoms with Crippen LogP contribution in [0.2, 0.25) is 0 Å². The summed E-state index contributed by atoms with van der Waals surface area (Å²) in [6.45, 7) is 40.1. The molecule has 4 nitrogen and oxygen atoms in total. The fourth-order valence-corrected chi connectivity index (χ4v) is 3.59. The van der Waals surface area contributed by atoms with E-state index in [-0.39, 0.29) is 32.7 Å². The number of nitrogens with zero attached hydrogens (tertiary/aromatic N) is 4. The van der Waals surface area contributed by atoms with Crippen molar-refractivity contribution in [1.82, 2.24) is 19.6 Å². The van der Waals surface area contributed by atoms with Crippen LogP contribution in [-0.4, -0.2) is 19.6 Å². The molecule has 0 aliphatic carbocycles. The lowest BCUT2D eigenvalue weighted by Gasteiger charge is -2.28. The summed E-state index contributed by atoms with van der Waals surface area (Å²) < 4.78 is 4.38. The van der Waals surface area contributed by atoms with Crippen molar-refractivity contribution in [3.63, 3.8) is 0 Å². The van der Waals surface area contributed by atoms with Gasteiger partial charge in [-0.2, -0.15) is 10.2 Å². The highest BCUT2D eigenvalue weighted by atomic mass is 15.3. The van der Waals surface area contributed by atoms with Gasteiger partial charge in [0.2, 0.25) is 0 Å². The van der Waals surface area contributed by atoms with E-state index >= 15 is 0 Å². The van der Waals surface area contributed by atoms with Crippen LogP contribution in [0.3, 0.4) is 0 Å². The molecule has 34 heavy (non-hydrogen) atoms. The van der Waals surface area contributed by atoms with E-state index < -0.39 is 0 Å². The largest absolute Gasteiger partial charge is 0.264 e. The Morgan fingerprint density at radius 3 is 0.765 bits per heavy atom. The second kappa shape index (κ2) is 9.13. The first kappa shape index (κ1) is 30.5. The monoisotopic (exact) mass is 472 g/mol. The molecule has 0 aliphatic rings. The third kappa shape index (κ3) is 7.71. The predicted octanol–water partition coefficient (Wildman–Crippen LogP) is 8.47. The van der Waals surface area contributed by atoms with Crippen LogP contribution < -0.4 is 0 Å². The summed E-state index contributed by atoms with van der Waals surface area (Å²) in [5.74, 6) is 0. The van der Waals surface area contributed by atoms with Crippen LogP contribution in [0.5, 0.6) is 0 Å². The van der Waals surface area contributed by atoms with Gasteiger partial charge in [-0.3, -0.25) is 9.36 Å². The Labute approximate surface area is 211 Å². The molecule has 0 radical (unpaired) electrons. The quantitative estimate of drug-likeness (QED) is 0.385. The summed E-state index contributed by atoms with van der Waals surface area (Å²) in [5.41, 5.74) is 5.53. The highest BCUT2D eigenvalue weighted by Gasteiger charge is 2.31. The first-order chi connectivity index (χ1) is 14.7. The van der Waals surface area contributed by atoms with Crippen LogP contribution in [0.1, 0.15) is 147 Å². The zero-order chi connectivity index (χ0) is 27.3. The smallest absolute Gasteiger partial charge is 0.0681 e. The van der Waals surface area contributed by atoms with E-state index in [1.807, 2.05) is 0 Å². The molecule has 0 atom stereocenters.